The van der Waals surface area contributed by atoms with E-state index in [0.29, 0.717) is 6.54 Å². The van der Waals surface area contributed by atoms with Crippen molar-refractivity contribution >= 4 is 11.8 Å². The SMILES string of the molecule is CCN(CC)c1ccc(CNC(=O)N2CCN(Cc3ccccc3)CC2)cn1. The zero-order chi connectivity index (χ0) is 19.8. The zero-order valence-electron chi connectivity index (χ0n) is 17.0. The lowest BCUT2D eigenvalue weighted by molar-refractivity contribution is 0.135. The van der Waals surface area contributed by atoms with Crippen LogP contribution < -0.4 is 10.2 Å². The van der Waals surface area contributed by atoms with Crippen molar-refractivity contribution in [3.8, 4) is 0 Å². The second kappa shape index (κ2) is 10.1. The summed E-state index contributed by atoms with van der Waals surface area (Å²) in [7, 11) is 0. The molecule has 1 aliphatic heterocycles. The lowest BCUT2D eigenvalue weighted by atomic mass is 10.2. The van der Waals surface area contributed by atoms with Gasteiger partial charge in [-0.15, -0.1) is 0 Å². The summed E-state index contributed by atoms with van der Waals surface area (Å²) in [5.74, 6) is 0.981. The number of urea groups is 1. The van der Waals surface area contributed by atoms with Crippen LogP contribution in [0.5, 0.6) is 0 Å². The molecule has 0 unspecified atom stereocenters. The van der Waals surface area contributed by atoms with Crippen molar-refractivity contribution in [2.24, 2.45) is 0 Å². The van der Waals surface area contributed by atoms with Gasteiger partial charge in [0, 0.05) is 58.6 Å². The Kier molecular flexibility index (Phi) is 7.25. The van der Waals surface area contributed by atoms with Crippen LogP contribution >= 0.6 is 0 Å². The Balaban J connectivity index is 1.42. The molecule has 1 aliphatic rings. The Morgan fingerprint density at radius 2 is 1.71 bits per heavy atom. The minimum atomic E-state index is 0.00665. The average molecular weight is 382 g/mol. The molecule has 3 rings (SSSR count). The Bertz CT molecular complexity index is 722. The van der Waals surface area contributed by atoms with Crippen LogP contribution in [0.15, 0.2) is 48.7 Å². The highest BCUT2D eigenvalue weighted by atomic mass is 16.2. The first-order valence-corrected chi connectivity index (χ1v) is 10.2. The van der Waals surface area contributed by atoms with Crippen molar-refractivity contribution in [2.75, 3.05) is 44.2 Å². The third kappa shape index (κ3) is 5.45. The first-order chi connectivity index (χ1) is 13.7. The third-order valence-electron chi connectivity index (χ3n) is 5.25. The van der Waals surface area contributed by atoms with Crippen LogP contribution in [-0.4, -0.2) is 60.1 Å². The quantitative estimate of drug-likeness (QED) is 0.801. The first kappa shape index (κ1) is 20.1. The second-order valence-electron chi connectivity index (χ2n) is 7.10. The smallest absolute Gasteiger partial charge is 0.317 e. The van der Waals surface area contributed by atoms with E-state index in [1.54, 1.807) is 0 Å². The molecule has 28 heavy (non-hydrogen) atoms. The number of amides is 2. The molecule has 1 aromatic heterocycles. The lowest BCUT2D eigenvalue weighted by Crippen LogP contribution is -2.51. The average Bonchev–Trinajstić information content (AvgIpc) is 2.75. The number of aromatic nitrogens is 1. The molecule has 6 nitrogen and oxygen atoms in total. The normalized spacial score (nSPS) is 14.7. The molecule has 1 aromatic carbocycles. The number of carbonyl (C=O) groups excluding carboxylic acids is 1. The van der Waals surface area contributed by atoms with Crippen LogP contribution in [-0.2, 0) is 13.1 Å². The fraction of sp³-hybridized carbons (Fsp3) is 0.455. The molecule has 0 saturated carbocycles. The lowest BCUT2D eigenvalue weighted by Gasteiger charge is -2.34. The highest BCUT2D eigenvalue weighted by Gasteiger charge is 2.20. The van der Waals surface area contributed by atoms with Crippen LogP contribution in [0.4, 0.5) is 10.6 Å². The molecule has 2 heterocycles. The molecule has 2 aromatic rings. The van der Waals surface area contributed by atoms with Crippen molar-refractivity contribution in [2.45, 2.75) is 26.9 Å². The Morgan fingerprint density at radius 1 is 1.00 bits per heavy atom. The summed E-state index contributed by atoms with van der Waals surface area (Å²) in [6.45, 7) is 10.9. The summed E-state index contributed by atoms with van der Waals surface area (Å²) in [6.07, 6.45) is 1.85. The van der Waals surface area contributed by atoms with Crippen LogP contribution in [0.3, 0.4) is 0 Å². The van der Waals surface area contributed by atoms with Crippen molar-refractivity contribution in [3.63, 3.8) is 0 Å². The summed E-state index contributed by atoms with van der Waals surface area (Å²) in [5.41, 5.74) is 2.34. The molecule has 1 N–H and O–H groups in total. The minimum absolute atomic E-state index is 0.00665. The molecule has 2 amide bonds. The third-order valence-corrected chi connectivity index (χ3v) is 5.25. The van der Waals surface area contributed by atoms with Gasteiger partial charge in [0.1, 0.15) is 5.82 Å². The Labute approximate surface area is 168 Å². The van der Waals surface area contributed by atoms with E-state index in [2.05, 4.69) is 58.2 Å². The zero-order valence-corrected chi connectivity index (χ0v) is 17.0. The molecular formula is C22H31N5O. The number of carbonyl (C=O) groups is 1. The van der Waals surface area contributed by atoms with Gasteiger partial charge in [-0.2, -0.15) is 0 Å². The molecule has 0 aliphatic carbocycles. The first-order valence-electron chi connectivity index (χ1n) is 10.2. The predicted octanol–water partition coefficient (Wildman–Crippen LogP) is 2.96. The summed E-state index contributed by atoms with van der Waals surface area (Å²) < 4.78 is 0. The van der Waals surface area contributed by atoms with E-state index < -0.39 is 0 Å². The fourth-order valence-corrected chi connectivity index (χ4v) is 3.50. The topological polar surface area (TPSA) is 51.7 Å². The molecule has 1 fully saturated rings. The molecule has 150 valence electrons. The number of hydrogen-bond acceptors (Lipinski definition) is 4. The number of hydrogen-bond donors (Lipinski definition) is 1. The van der Waals surface area contributed by atoms with E-state index >= 15 is 0 Å². The summed E-state index contributed by atoms with van der Waals surface area (Å²) in [6, 6.07) is 14.6. The second-order valence-corrected chi connectivity index (χ2v) is 7.10. The molecule has 0 radical (unpaired) electrons. The summed E-state index contributed by atoms with van der Waals surface area (Å²) >= 11 is 0. The van der Waals surface area contributed by atoms with E-state index in [1.807, 2.05) is 29.3 Å². The molecule has 0 bridgehead atoms. The summed E-state index contributed by atoms with van der Waals surface area (Å²) in [5, 5.41) is 3.02. The van der Waals surface area contributed by atoms with Crippen molar-refractivity contribution < 1.29 is 4.79 Å². The maximum atomic E-state index is 12.5. The minimum Gasteiger partial charge on any atom is -0.357 e. The van der Waals surface area contributed by atoms with E-state index in [9.17, 15) is 4.79 Å². The van der Waals surface area contributed by atoms with Crippen LogP contribution in [0.1, 0.15) is 25.0 Å². The van der Waals surface area contributed by atoms with Crippen LogP contribution in [0.2, 0.25) is 0 Å². The molecular weight excluding hydrogens is 350 g/mol. The van der Waals surface area contributed by atoms with Gasteiger partial charge in [0.15, 0.2) is 0 Å². The molecule has 0 spiro atoms. The van der Waals surface area contributed by atoms with Gasteiger partial charge in [0.25, 0.3) is 0 Å². The van der Waals surface area contributed by atoms with Gasteiger partial charge < -0.3 is 15.1 Å². The van der Waals surface area contributed by atoms with E-state index in [-0.39, 0.29) is 6.03 Å². The highest BCUT2D eigenvalue weighted by Crippen LogP contribution is 2.11. The van der Waals surface area contributed by atoms with Crippen molar-refractivity contribution in [1.82, 2.24) is 20.1 Å². The van der Waals surface area contributed by atoms with Gasteiger partial charge in [-0.05, 0) is 31.0 Å². The van der Waals surface area contributed by atoms with Gasteiger partial charge >= 0.3 is 6.03 Å². The van der Waals surface area contributed by atoms with E-state index in [0.717, 1.165) is 57.2 Å². The maximum absolute atomic E-state index is 12.5. The van der Waals surface area contributed by atoms with Crippen molar-refractivity contribution in [3.05, 3.63) is 59.8 Å². The van der Waals surface area contributed by atoms with Gasteiger partial charge in [0.2, 0.25) is 0 Å². The number of nitrogens with one attached hydrogen (secondary N) is 1. The maximum Gasteiger partial charge on any atom is 0.317 e. The molecule has 6 heteroatoms. The summed E-state index contributed by atoms with van der Waals surface area (Å²) in [4.78, 5) is 23.5. The number of rotatable bonds is 7. The van der Waals surface area contributed by atoms with Gasteiger partial charge in [0.05, 0.1) is 0 Å². The van der Waals surface area contributed by atoms with Crippen molar-refractivity contribution in [1.29, 1.82) is 0 Å². The van der Waals surface area contributed by atoms with E-state index in [4.69, 9.17) is 0 Å². The molecule has 1 saturated heterocycles. The fourth-order valence-electron chi connectivity index (χ4n) is 3.50. The number of piperazine rings is 1. The highest BCUT2D eigenvalue weighted by molar-refractivity contribution is 5.74. The molecule has 0 atom stereocenters. The van der Waals surface area contributed by atoms with Gasteiger partial charge in [-0.3, -0.25) is 4.90 Å². The van der Waals surface area contributed by atoms with Crippen LogP contribution in [0.25, 0.3) is 0 Å². The number of anilines is 1. The predicted molar refractivity (Wildman–Crippen MR) is 113 cm³/mol. The van der Waals surface area contributed by atoms with Gasteiger partial charge in [-0.1, -0.05) is 36.4 Å². The number of pyridine rings is 1. The Hall–Kier alpha value is -2.60. The van der Waals surface area contributed by atoms with Crippen LogP contribution in [0, 0.1) is 0 Å². The van der Waals surface area contributed by atoms with Gasteiger partial charge in [-0.25, -0.2) is 9.78 Å². The standard InChI is InChI=1S/C22H31N5O/c1-3-26(4-2)21-11-10-20(16-23-21)17-24-22(28)27-14-12-25(13-15-27)18-19-8-6-5-7-9-19/h5-11,16H,3-4,12-15,17-18H2,1-2H3,(H,24,28). The largest absolute Gasteiger partial charge is 0.357 e. The number of benzene rings is 1. The monoisotopic (exact) mass is 381 g/mol. The Morgan fingerprint density at radius 3 is 2.32 bits per heavy atom. The number of nitrogens with zero attached hydrogens (tertiary/aromatic N) is 4. The van der Waals surface area contributed by atoms with E-state index in [1.165, 1.54) is 5.56 Å².